The second kappa shape index (κ2) is 16.0. The van der Waals surface area contributed by atoms with Crippen molar-refractivity contribution in [2.24, 2.45) is 0 Å². The molecule has 0 bridgehead atoms. The van der Waals surface area contributed by atoms with E-state index in [2.05, 4.69) is 20.4 Å². The standard InChI is InChI=1S/C29H28F5N5O7S.C2H6/c1-2-28(30,31)19-5-3-18(4-6-19)16-36-25(40)24-17-38(27(43)37-20-11-12-35-23(15-20)26(41)42)13-14-39(24)47(44,45)22-9-7-21(8-10-22)46-29(32,33)34;1-2/h3-12,15,24H,2,13-14,16-17H2,1H3,(H,36,40)(H,41,42)(H,35,37,43);1-2H3/t24-;/m1./s1. The number of carboxylic acids is 1. The fourth-order valence-electron chi connectivity index (χ4n) is 4.61. The van der Waals surface area contributed by atoms with Crippen LogP contribution in [0.2, 0.25) is 0 Å². The largest absolute Gasteiger partial charge is 0.573 e. The number of carbonyl (C=O) groups excluding carboxylic acids is 2. The number of nitrogens with one attached hydrogen (secondary N) is 2. The van der Waals surface area contributed by atoms with Crippen molar-refractivity contribution in [3.05, 3.63) is 83.7 Å². The summed E-state index contributed by atoms with van der Waals surface area (Å²) in [5.74, 6) is -5.92. The van der Waals surface area contributed by atoms with E-state index in [1.165, 1.54) is 37.3 Å². The molecule has 1 aliphatic heterocycles. The second-order valence-corrected chi connectivity index (χ2v) is 12.1. The van der Waals surface area contributed by atoms with Crippen LogP contribution < -0.4 is 15.4 Å². The van der Waals surface area contributed by atoms with E-state index in [1.807, 2.05) is 13.8 Å². The lowest BCUT2D eigenvalue weighted by molar-refractivity contribution is -0.274. The molecule has 0 unspecified atom stereocenters. The molecule has 2 aromatic carbocycles. The van der Waals surface area contributed by atoms with Gasteiger partial charge in [-0.2, -0.15) is 4.31 Å². The molecular weight excluding hydrogens is 681 g/mol. The summed E-state index contributed by atoms with van der Waals surface area (Å²) in [6.45, 7) is 4.02. The Hall–Kier alpha value is -4.84. The van der Waals surface area contributed by atoms with Crippen molar-refractivity contribution in [3.8, 4) is 5.75 Å². The molecular formula is C31H34F5N5O7S. The number of piperazine rings is 1. The predicted molar refractivity (Wildman–Crippen MR) is 166 cm³/mol. The Labute approximate surface area is 278 Å². The Bertz CT molecular complexity index is 1720. The maximum Gasteiger partial charge on any atom is 0.573 e. The molecule has 3 amide bonds. The number of alkyl halides is 5. The number of urea groups is 1. The van der Waals surface area contributed by atoms with Crippen LogP contribution >= 0.6 is 0 Å². The smallest absolute Gasteiger partial charge is 0.477 e. The van der Waals surface area contributed by atoms with E-state index in [1.54, 1.807) is 0 Å². The molecule has 1 aliphatic rings. The number of benzene rings is 2. The van der Waals surface area contributed by atoms with Crippen molar-refractivity contribution in [1.82, 2.24) is 19.5 Å². The van der Waals surface area contributed by atoms with Crippen molar-refractivity contribution in [1.29, 1.82) is 0 Å². The van der Waals surface area contributed by atoms with Crippen LogP contribution in [0, 0.1) is 0 Å². The van der Waals surface area contributed by atoms with E-state index in [0.717, 1.165) is 45.7 Å². The van der Waals surface area contributed by atoms with Gasteiger partial charge >= 0.3 is 18.4 Å². The molecule has 1 atom stereocenters. The monoisotopic (exact) mass is 715 g/mol. The molecule has 266 valence electrons. The number of anilines is 1. The number of carboxylic acid groups (broad SMARTS) is 1. The Morgan fingerprint density at radius 1 is 0.980 bits per heavy atom. The summed E-state index contributed by atoms with van der Waals surface area (Å²) < 4.78 is 97.6. The van der Waals surface area contributed by atoms with Gasteiger partial charge in [0.25, 0.3) is 5.92 Å². The van der Waals surface area contributed by atoms with Gasteiger partial charge in [0.05, 0.1) is 4.90 Å². The van der Waals surface area contributed by atoms with Crippen LogP contribution in [0.1, 0.15) is 48.8 Å². The van der Waals surface area contributed by atoms with Gasteiger partial charge in [-0.3, -0.25) is 4.79 Å². The van der Waals surface area contributed by atoms with Crippen LogP contribution in [0.5, 0.6) is 5.75 Å². The van der Waals surface area contributed by atoms with Gasteiger partial charge in [0, 0.05) is 50.0 Å². The van der Waals surface area contributed by atoms with E-state index < -0.39 is 76.4 Å². The highest BCUT2D eigenvalue weighted by atomic mass is 32.2. The Morgan fingerprint density at radius 3 is 2.18 bits per heavy atom. The molecule has 3 N–H and O–H groups in total. The van der Waals surface area contributed by atoms with Gasteiger partial charge in [-0.05, 0) is 42.0 Å². The van der Waals surface area contributed by atoms with Gasteiger partial charge < -0.3 is 25.4 Å². The molecule has 0 saturated carbocycles. The first-order valence-corrected chi connectivity index (χ1v) is 16.3. The maximum atomic E-state index is 14.0. The topological polar surface area (TPSA) is 158 Å². The van der Waals surface area contributed by atoms with Gasteiger partial charge in [0.15, 0.2) is 0 Å². The maximum absolute atomic E-state index is 14.0. The fourth-order valence-corrected chi connectivity index (χ4v) is 6.18. The van der Waals surface area contributed by atoms with E-state index in [9.17, 15) is 44.8 Å². The molecule has 1 aromatic heterocycles. The average molecular weight is 716 g/mol. The Balaban J connectivity index is 0.00000319. The van der Waals surface area contributed by atoms with Crippen LogP contribution in [0.25, 0.3) is 0 Å². The fraction of sp³-hybridized carbons (Fsp3) is 0.355. The highest BCUT2D eigenvalue weighted by molar-refractivity contribution is 7.89. The van der Waals surface area contributed by atoms with Gasteiger partial charge in [0.2, 0.25) is 15.9 Å². The molecule has 0 aliphatic carbocycles. The van der Waals surface area contributed by atoms with Crippen molar-refractivity contribution in [3.63, 3.8) is 0 Å². The normalized spacial score (nSPS) is 15.4. The molecule has 3 aromatic rings. The molecule has 0 spiro atoms. The van der Waals surface area contributed by atoms with Crippen LogP contribution in [0.15, 0.2) is 71.8 Å². The average Bonchev–Trinajstić information content (AvgIpc) is 3.07. The zero-order chi connectivity index (χ0) is 36.6. The van der Waals surface area contributed by atoms with E-state index in [4.69, 9.17) is 5.11 Å². The predicted octanol–water partition coefficient (Wildman–Crippen LogP) is 5.43. The van der Waals surface area contributed by atoms with Crippen LogP contribution in [-0.2, 0) is 27.3 Å². The van der Waals surface area contributed by atoms with Gasteiger partial charge in [-0.25, -0.2) is 31.8 Å². The number of nitrogens with zero attached hydrogens (tertiary/aromatic N) is 3. The third-order valence-corrected chi connectivity index (χ3v) is 9.02. The second-order valence-electron chi connectivity index (χ2n) is 10.2. The molecule has 18 heteroatoms. The molecule has 12 nitrogen and oxygen atoms in total. The minimum Gasteiger partial charge on any atom is -0.477 e. The van der Waals surface area contributed by atoms with Crippen LogP contribution in [0.4, 0.5) is 32.4 Å². The SMILES string of the molecule is CC.CCC(F)(F)c1ccc(CNC(=O)[C@H]2CN(C(=O)Nc3ccnc(C(=O)O)c3)CCN2S(=O)(=O)c2ccc(OC(F)(F)F)cc2)cc1. The lowest BCUT2D eigenvalue weighted by atomic mass is 10.0. The summed E-state index contributed by atoms with van der Waals surface area (Å²) >= 11 is 0. The third-order valence-electron chi connectivity index (χ3n) is 7.10. The summed E-state index contributed by atoms with van der Waals surface area (Å²) in [7, 11) is -4.53. The molecule has 49 heavy (non-hydrogen) atoms. The summed E-state index contributed by atoms with van der Waals surface area (Å²) in [6, 6.07) is 8.59. The number of hydrogen-bond acceptors (Lipinski definition) is 7. The zero-order valence-electron chi connectivity index (χ0n) is 26.5. The third kappa shape index (κ3) is 10.1. The number of rotatable bonds is 10. The van der Waals surface area contributed by atoms with Crippen molar-refractivity contribution in [2.45, 2.75) is 57.0 Å². The number of sulfonamides is 1. The number of aromatic nitrogens is 1. The quantitative estimate of drug-likeness (QED) is 0.235. The summed E-state index contributed by atoms with van der Waals surface area (Å²) in [4.78, 5) is 42.1. The number of hydrogen-bond donors (Lipinski definition) is 3. The zero-order valence-corrected chi connectivity index (χ0v) is 27.3. The summed E-state index contributed by atoms with van der Waals surface area (Å²) in [5, 5.41) is 14.2. The van der Waals surface area contributed by atoms with Crippen molar-refractivity contribution < 1.29 is 54.6 Å². The molecule has 2 heterocycles. The van der Waals surface area contributed by atoms with Gasteiger partial charge in [0.1, 0.15) is 17.5 Å². The van der Waals surface area contributed by atoms with E-state index in [-0.39, 0.29) is 30.0 Å². The summed E-state index contributed by atoms with van der Waals surface area (Å²) in [6.07, 6.45) is -4.27. The van der Waals surface area contributed by atoms with Crippen molar-refractivity contribution >= 4 is 33.6 Å². The lowest BCUT2D eigenvalue weighted by Crippen LogP contribution is -2.61. The summed E-state index contributed by atoms with van der Waals surface area (Å²) in [5.41, 5.74) is -0.0932. The number of carbonyl (C=O) groups is 3. The Kier molecular flexibility index (Phi) is 12.6. The van der Waals surface area contributed by atoms with E-state index >= 15 is 0 Å². The first-order chi connectivity index (χ1) is 23.0. The molecule has 0 radical (unpaired) electrons. The number of amides is 3. The minimum absolute atomic E-state index is 0.0664. The van der Waals surface area contributed by atoms with Crippen LogP contribution in [0.3, 0.4) is 0 Å². The van der Waals surface area contributed by atoms with Gasteiger partial charge in [-0.15, -0.1) is 13.2 Å². The van der Waals surface area contributed by atoms with Gasteiger partial charge in [-0.1, -0.05) is 45.0 Å². The van der Waals surface area contributed by atoms with Crippen molar-refractivity contribution in [2.75, 3.05) is 25.0 Å². The highest BCUT2D eigenvalue weighted by Gasteiger charge is 2.41. The first-order valence-electron chi connectivity index (χ1n) is 14.9. The number of halogens is 5. The number of aromatic carboxylic acids is 1. The number of pyridine rings is 1. The first kappa shape index (κ1) is 38.6. The molecule has 1 saturated heterocycles. The Morgan fingerprint density at radius 2 is 1.61 bits per heavy atom. The minimum atomic E-state index is -5.01. The van der Waals surface area contributed by atoms with E-state index in [0.29, 0.717) is 5.56 Å². The highest BCUT2D eigenvalue weighted by Crippen LogP contribution is 2.31. The number of ether oxygens (including phenoxy) is 1. The molecule has 1 fully saturated rings. The molecule has 4 rings (SSSR count). The lowest BCUT2D eigenvalue weighted by Gasteiger charge is -2.39. The van der Waals surface area contributed by atoms with Crippen LogP contribution in [-0.4, -0.2) is 77.7 Å².